The third kappa shape index (κ3) is 1.63. The Hall–Kier alpha value is -1.71. The van der Waals surface area contributed by atoms with E-state index in [1.54, 1.807) is 0 Å². The van der Waals surface area contributed by atoms with E-state index in [2.05, 4.69) is 0 Å². The third-order valence-electron chi connectivity index (χ3n) is 2.49. The molecule has 0 aliphatic heterocycles. The van der Waals surface area contributed by atoms with E-state index >= 15 is 0 Å². The smallest absolute Gasteiger partial charge is 0.365 e. The highest BCUT2D eigenvalue weighted by molar-refractivity contribution is 5.95. The topological polar surface area (TPSA) is 37.3 Å². The minimum absolute atomic E-state index is 0.164. The van der Waals surface area contributed by atoms with Gasteiger partial charge in [0, 0.05) is 5.57 Å². The molecule has 0 unspecified atom stereocenters. The second-order valence-electron chi connectivity index (χ2n) is 3.40. The molecule has 78 valence electrons. The summed E-state index contributed by atoms with van der Waals surface area (Å²) in [6.07, 6.45) is 0.806. The summed E-state index contributed by atoms with van der Waals surface area (Å²) in [5.74, 6) is -3.09. The summed E-state index contributed by atoms with van der Waals surface area (Å²) in [6.45, 7) is 0. The van der Waals surface area contributed by atoms with Gasteiger partial charge in [-0.25, -0.2) is 9.18 Å². The number of halogens is 2. The maximum Gasteiger partial charge on any atom is 0.365 e. The fourth-order valence-corrected chi connectivity index (χ4v) is 1.81. The number of aryl methyl sites for hydroxylation is 1. The van der Waals surface area contributed by atoms with Crippen LogP contribution >= 0.6 is 0 Å². The van der Waals surface area contributed by atoms with Crippen LogP contribution in [0.3, 0.4) is 0 Å². The van der Waals surface area contributed by atoms with Crippen molar-refractivity contribution < 1.29 is 18.7 Å². The molecule has 0 bridgehead atoms. The van der Waals surface area contributed by atoms with E-state index in [4.69, 9.17) is 5.11 Å². The Labute approximate surface area is 84.8 Å². The SMILES string of the molecule is O=C(O)/C(F)=C1/CCc2cc(F)ccc21. The number of carbonyl (C=O) groups is 1. The molecule has 0 spiro atoms. The number of hydrogen-bond acceptors (Lipinski definition) is 1. The highest BCUT2D eigenvalue weighted by Gasteiger charge is 2.23. The summed E-state index contributed by atoms with van der Waals surface area (Å²) in [5.41, 5.74) is 1.34. The van der Waals surface area contributed by atoms with Crippen molar-refractivity contribution in [1.29, 1.82) is 0 Å². The fourth-order valence-electron chi connectivity index (χ4n) is 1.81. The normalized spacial score (nSPS) is 17.5. The lowest BCUT2D eigenvalue weighted by molar-refractivity contribution is -0.134. The van der Waals surface area contributed by atoms with Gasteiger partial charge in [-0.1, -0.05) is 6.07 Å². The quantitative estimate of drug-likeness (QED) is 0.723. The molecule has 2 nitrogen and oxygen atoms in total. The molecule has 15 heavy (non-hydrogen) atoms. The molecule has 0 atom stereocenters. The number of aliphatic carboxylic acids is 1. The van der Waals surface area contributed by atoms with Gasteiger partial charge in [0.1, 0.15) is 5.82 Å². The van der Waals surface area contributed by atoms with E-state index in [9.17, 15) is 13.6 Å². The van der Waals surface area contributed by atoms with E-state index in [0.29, 0.717) is 24.0 Å². The number of carboxylic acid groups (broad SMARTS) is 1. The third-order valence-corrected chi connectivity index (χ3v) is 2.49. The number of carboxylic acids is 1. The van der Waals surface area contributed by atoms with E-state index in [0.717, 1.165) is 0 Å². The zero-order valence-electron chi connectivity index (χ0n) is 7.76. The van der Waals surface area contributed by atoms with Crippen LogP contribution in [0.15, 0.2) is 24.0 Å². The first-order valence-electron chi connectivity index (χ1n) is 4.50. The molecule has 1 N–H and O–H groups in total. The van der Waals surface area contributed by atoms with Crippen LogP contribution in [-0.4, -0.2) is 11.1 Å². The van der Waals surface area contributed by atoms with Crippen LogP contribution in [0, 0.1) is 5.82 Å². The van der Waals surface area contributed by atoms with Gasteiger partial charge in [-0.2, -0.15) is 4.39 Å². The second-order valence-corrected chi connectivity index (χ2v) is 3.40. The molecule has 0 heterocycles. The van der Waals surface area contributed by atoms with Gasteiger partial charge in [0.15, 0.2) is 0 Å². The number of fused-ring (bicyclic) bond motifs is 1. The molecule has 0 saturated carbocycles. The largest absolute Gasteiger partial charge is 0.476 e. The monoisotopic (exact) mass is 210 g/mol. The summed E-state index contributed by atoms with van der Waals surface area (Å²) in [5, 5.41) is 8.52. The zero-order valence-corrected chi connectivity index (χ0v) is 7.76. The van der Waals surface area contributed by atoms with E-state index in [1.165, 1.54) is 18.2 Å². The summed E-state index contributed by atoms with van der Waals surface area (Å²) in [7, 11) is 0. The van der Waals surface area contributed by atoms with Crippen LogP contribution in [0.5, 0.6) is 0 Å². The Morgan fingerprint density at radius 1 is 1.33 bits per heavy atom. The maximum absolute atomic E-state index is 13.2. The number of rotatable bonds is 1. The van der Waals surface area contributed by atoms with Gasteiger partial charge in [0.2, 0.25) is 5.83 Å². The lowest BCUT2D eigenvalue weighted by Crippen LogP contribution is -1.98. The number of hydrogen-bond donors (Lipinski definition) is 1. The summed E-state index contributed by atoms with van der Waals surface area (Å²) in [6, 6.07) is 3.95. The maximum atomic E-state index is 13.2. The average molecular weight is 210 g/mol. The van der Waals surface area contributed by atoms with Gasteiger partial charge < -0.3 is 5.11 Å². The lowest BCUT2D eigenvalue weighted by atomic mass is 10.1. The minimum Gasteiger partial charge on any atom is -0.476 e. The van der Waals surface area contributed by atoms with Crippen LogP contribution in [0.4, 0.5) is 8.78 Å². The molecule has 1 aliphatic rings. The average Bonchev–Trinajstić information content (AvgIpc) is 2.59. The van der Waals surface area contributed by atoms with Gasteiger partial charge in [-0.05, 0) is 36.1 Å². The van der Waals surface area contributed by atoms with Gasteiger partial charge in [-0.3, -0.25) is 0 Å². The van der Waals surface area contributed by atoms with Crippen molar-refractivity contribution in [2.75, 3.05) is 0 Å². The highest BCUT2D eigenvalue weighted by Crippen LogP contribution is 2.35. The van der Waals surface area contributed by atoms with Gasteiger partial charge in [0.05, 0.1) is 0 Å². The molecule has 2 rings (SSSR count). The number of allylic oxidation sites excluding steroid dienone is 1. The van der Waals surface area contributed by atoms with Crippen LogP contribution in [0.2, 0.25) is 0 Å². The molecule has 0 fully saturated rings. The van der Waals surface area contributed by atoms with Crippen molar-refractivity contribution >= 4 is 11.5 Å². The molecule has 1 aliphatic carbocycles. The summed E-state index contributed by atoms with van der Waals surface area (Å²) in [4.78, 5) is 10.5. The van der Waals surface area contributed by atoms with Crippen molar-refractivity contribution in [3.8, 4) is 0 Å². The molecule has 1 aromatic rings. The van der Waals surface area contributed by atoms with Crippen molar-refractivity contribution in [2.24, 2.45) is 0 Å². The first-order valence-corrected chi connectivity index (χ1v) is 4.50. The summed E-state index contributed by atoms with van der Waals surface area (Å²) < 4.78 is 26.0. The standard InChI is InChI=1S/C11H8F2O2/c12-7-2-4-8-6(5-7)1-3-9(8)10(13)11(14)15/h2,4-5H,1,3H2,(H,14,15)/b10-9+. The van der Waals surface area contributed by atoms with Crippen molar-refractivity contribution in [1.82, 2.24) is 0 Å². The van der Waals surface area contributed by atoms with E-state index < -0.39 is 11.8 Å². The minimum atomic E-state index is -1.57. The Morgan fingerprint density at radius 2 is 2.07 bits per heavy atom. The predicted octanol–water partition coefficient (Wildman–Crippen LogP) is 2.54. The Balaban J connectivity index is 2.54. The molecule has 0 radical (unpaired) electrons. The van der Waals surface area contributed by atoms with E-state index in [-0.39, 0.29) is 11.4 Å². The Kier molecular flexibility index (Phi) is 2.26. The van der Waals surface area contributed by atoms with Crippen LogP contribution in [0.1, 0.15) is 17.5 Å². The molecule has 0 saturated heterocycles. The van der Waals surface area contributed by atoms with Gasteiger partial charge in [0.25, 0.3) is 0 Å². The lowest BCUT2D eigenvalue weighted by Gasteiger charge is -2.01. The molecular weight excluding hydrogens is 202 g/mol. The summed E-state index contributed by atoms with van der Waals surface area (Å²) >= 11 is 0. The first kappa shape index (κ1) is 9.83. The van der Waals surface area contributed by atoms with Gasteiger partial charge in [-0.15, -0.1) is 0 Å². The van der Waals surface area contributed by atoms with Crippen molar-refractivity contribution in [3.63, 3.8) is 0 Å². The molecule has 0 aromatic heterocycles. The molecule has 1 aromatic carbocycles. The molecule has 4 heteroatoms. The highest BCUT2D eigenvalue weighted by atomic mass is 19.1. The predicted molar refractivity (Wildman–Crippen MR) is 50.4 cm³/mol. The first-order chi connectivity index (χ1) is 7.09. The second kappa shape index (κ2) is 3.46. The Morgan fingerprint density at radius 3 is 2.73 bits per heavy atom. The van der Waals surface area contributed by atoms with Crippen molar-refractivity contribution in [3.05, 3.63) is 41.0 Å². The van der Waals surface area contributed by atoms with Gasteiger partial charge >= 0.3 is 5.97 Å². The van der Waals surface area contributed by atoms with Crippen LogP contribution < -0.4 is 0 Å². The molecular formula is C11H8F2O2. The Bertz CT molecular complexity index is 464. The molecule has 0 amide bonds. The van der Waals surface area contributed by atoms with Crippen LogP contribution in [-0.2, 0) is 11.2 Å². The fraction of sp³-hybridized carbons (Fsp3) is 0.182. The van der Waals surface area contributed by atoms with Crippen molar-refractivity contribution in [2.45, 2.75) is 12.8 Å². The number of benzene rings is 1. The van der Waals surface area contributed by atoms with E-state index in [1.807, 2.05) is 0 Å². The van der Waals surface area contributed by atoms with Crippen LogP contribution in [0.25, 0.3) is 5.57 Å². The zero-order chi connectivity index (χ0) is 11.0.